The van der Waals surface area contributed by atoms with E-state index in [-0.39, 0.29) is 41.3 Å². The van der Waals surface area contributed by atoms with E-state index in [1.54, 1.807) is 12.1 Å². The highest BCUT2D eigenvalue weighted by Crippen LogP contribution is 2.35. The van der Waals surface area contributed by atoms with E-state index in [9.17, 15) is 55.5 Å². The molecule has 248 valence electrons. The van der Waals surface area contributed by atoms with Gasteiger partial charge in [-0.1, -0.05) is 26.0 Å². The number of carbonyl (C=O) groups is 2. The lowest BCUT2D eigenvalue weighted by Crippen LogP contribution is -2.61. The van der Waals surface area contributed by atoms with Gasteiger partial charge in [0.25, 0.3) is 0 Å². The normalized spacial score (nSPS) is 31.5. The molecular formula is C30H38O15. The Hall–Kier alpha value is -3.70. The number of phenolic OH excluding ortho intramolecular Hbond substituents is 2. The lowest BCUT2D eigenvalue weighted by molar-refractivity contribution is -0.271. The summed E-state index contributed by atoms with van der Waals surface area (Å²) in [5, 5.41) is 89.6. The summed E-state index contributed by atoms with van der Waals surface area (Å²) < 4.78 is 21.5. The Labute approximate surface area is 257 Å². The molecule has 2 aliphatic rings. The van der Waals surface area contributed by atoms with E-state index in [1.807, 2.05) is 13.8 Å². The third-order valence-corrected chi connectivity index (χ3v) is 8.14. The van der Waals surface area contributed by atoms with Gasteiger partial charge < -0.3 is 64.9 Å². The zero-order chi connectivity index (χ0) is 33.2. The largest absolute Gasteiger partial charge is 0.504 e. The predicted octanol–water partition coefficient (Wildman–Crippen LogP) is -0.274. The Morgan fingerprint density at radius 1 is 0.733 bits per heavy atom. The molecule has 15 nitrogen and oxygen atoms in total. The third kappa shape index (κ3) is 7.94. The van der Waals surface area contributed by atoms with Crippen LogP contribution in [0.4, 0.5) is 0 Å². The van der Waals surface area contributed by atoms with Crippen LogP contribution in [0.25, 0.3) is 0 Å². The quantitative estimate of drug-likeness (QED) is 0.154. The highest BCUT2D eigenvalue weighted by molar-refractivity contribution is 5.73. The van der Waals surface area contributed by atoms with Crippen LogP contribution >= 0.6 is 0 Å². The van der Waals surface area contributed by atoms with Crippen molar-refractivity contribution in [2.45, 2.75) is 88.4 Å². The summed E-state index contributed by atoms with van der Waals surface area (Å²) in [6, 6.07) is 9.10. The van der Waals surface area contributed by atoms with Crippen molar-refractivity contribution in [1.29, 1.82) is 0 Å². The van der Waals surface area contributed by atoms with Crippen molar-refractivity contribution in [3.63, 3.8) is 0 Å². The van der Waals surface area contributed by atoms with E-state index >= 15 is 0 Å². The average molecular weight is 639 g/mol. The molecule has 2 aliphatic heterocycles. The van der Waals surface area contributed by atoms with E-state index < -0.39 is 67.2 Å². The maximum Gasteiger partial charge on any atom is 0.335 e. The maximum atomic E-state index is 11.4. The Morgan fingerprint density at radius 3 is 1.69 bits per heavy atom. The summed E-state index contributed by atoms with van der Waals surface area (Å²) in [5.74, 6) is -3.63. The summed E-state index contributed by atoms with van der Waals surface area (Å²) in [5.41, 5.74) is 1.46. The number of benzene rings is 2. The van der Waals surface area contributed by atoms with Gasteiger partial charge in [0.2, 0.25) is 12.6 Å². The van der Waals surface area contributed by atoms with Crippen LogP contribution < -0.4 is 9.47 Å². The van der Waals surface area contributed by atoms with Crippen LogP contribution in [0, 0.1) is 11.8 Å². The van der Waals surface area contributed by atoms with Crippen molar-refractivity contribution in [3.05, 3.63) is 47.5 Å². The molecule has 2 aromatic rings. The van der Waals surface area contributed by atoms with Crippen molar-refractivity contribution in [2.24, 2.45) is 11.8 Å². The number of aliphatic hydroxyl groups is 5. The second-order valence-corrected chi connectivity index (χ2v) is 11.6. The van der Waals surface area contributed by atoms with Gasteiger partial charge in [0.15, 0.2) is 35.2 Å². The van der Waals surface area contributed by atoms with Crippen LogP contribution in [0.2, 0.25) is 0 Å². The fourth-order valence-electron chi connectivity index (χ4n) is 5.20. The minimum atomic E-state index is -1.89. The maximum absolute atomic E-state index is 11.4. The van der Waals surface area contributed by atoms with Gasteiger partial charge in [-0.3, -0.25) is 0 Å². The summed E-state index contributed by atoms with van der Waals surface area (Å²) in [4.78, 5) is 22.7. The van der Waals surface area contributed by atoms with Crippen molar-refractivity contribution in [2.75, 3.05) is 0 Å². The summed E-state index contributed by atoms with van der Waals surface area (Å²) in [6.45, 7) is 3.97. The Balaban J connectivity index is 1.41. The molecule has 2 heterocycles. The molecular weight excluding hydrogens is 600 g/mol. The van der Waals surface area contributed by atoms with Crippen molar-refractivity contribution < 1.29 is 74.5 Å². The number of carboxylic acid groups (broad SMARTS) is 2. The molecule has 0 amide bonds. The molecule has 2 fully saturated rings. The van der Waals surface area contributed by atoms with E-state index in [0.717, 1.165) is 5.56 Å². The Morgan fingerprint density at radius 2 is 1.22 bits per heavy atom. The number of phenols is 2. The third-order valence-electron chi connectivity index (χ3n) is 8.14. The second-order valence-electron chi connectivity index (χ2n) is 11.6. The molecule has 0 spiro atoms. The molecule has 0 aromatic heterocycles. The lowest BCUT2D eigenvalue weighted by atomic mass is 9.85. The van der Waals surface area contributed by atoms with Gasteiger partial charge in [-0.05, 0) is 60.1 Å². The van der Waals surface area contributed by atoms with Crippen LogP contribution in [0.3, 0.4) is 0 Å². The summed E-state index contributed by atoms with van der Waals surface area (Å²) in [6.07, 6.45) is -14.3. The standard InChI is InChI=1S/C30H38O15/c1-12(7-14-3-5-16(31)19(9-14)42-29-22(34)18(33)11-21(44-29)27(38)39)13(2)8-15-4-6-17(32)20(10-15)43-30-25(37)23(35)24(36)26(45-30)28(40)41/h3-6,9-10,12-13,18,21-26,29-37H,7-8,11H2,1-2H3,(H,38,39)(H,40,41)/t12-,13+,18-,21-,22+,23-,24-,25+,26-,29+,30+/m0/s1. The number of hydrogen-bond donors (Lipinski definition) is 9. The molecule has 15 heteroatoms. The van der Waals surface area contributed by atoms with E-state index in [2.05, 4.69) is 0 Å². The fourth-order valence-corrected chi connectivity index (χ4v) is 5.20. The zero-order valence-corrected chi connectivity index (χ0v) is 24.4. The molecule has 9 N–H and O–H groups in total. The molecule has 2 aromatic carbocycles. The Bertz CT molecular complexity index is 1350. The minimum Gasteiger partial charge on any atom is -0.504 e. The number of hydrogen-bond acceptors (Lipinski definition) is 13. The zero-order valence-electron chi connectivity index (χ0n) is 24.4. The van der Waals surface area contributed by atoms with E-state index in [0.29, 0.717) is 18.4 Å². The number of carboxylic acids is 2. The van der Waals surface area contributed by atoms with Crippen molar-refractivity contribution in [1.82, 2.24) is 0 Å². The second kappa shape index (κ2) is 14.2. The number of aliphatic hydroxyl groups excluding tert-OH is 5. The molecule has 0 unspecified atom stereocenters. The number of rotatable bonds is 11. The van der Waals surface area contributed by atoms with E-state index in [1.165, 1.54) is 24.3 Å². The highest BCUT2D eigenvalue weighted by atomic mass is 16.7. The van der Waals surface area contributed by atoms with Crippen LogP contribution in [0.1, 0.15) is 31.4 Å². The van der Waals surface area contributed by atoms with Gasteiger partial charge in [-0.25, -0.2) is 9.59 Å². The molecule has 4 rings (SSSR count). The van der Waals surface area contributed by atoms with Gasteiger partial charge in [-0.2, -0.15) is 0 Å². The lowest BCUT2D eigenvalue weighted by Gasteiger charge is -2.38. The SMILES string of the molecule is C[C@H](Cc1ccc(O)c(O[C@@H]2O[C@H](C(=O)O)[C@@H](O)[C@H](O)[C@H]2O)c1)[C@@H](C)Cc1ccc(O)c(O[C@@H]2O[C@H](C(=O)O)C[C@H](O)[C@H]2O)c1. The molecule has 45 heavy (non-hydrogen) atoms. The number of ether oxygens (including phenoxy) is 4. The average Bonchev–Trinajstić information content (AvgIpc) is 2.98. The molecule has 0 saturated carbocycles. The van der Waals surface area contributed by atoms with Gasteiger partial charge in [0.05, 0.1) is 6.10 Å². The highest BCUT2D eigenvalue weighted by Gasteiger charge is 2.48. The van der Waals surface area contributed by atoms with Crippen LogP contribution in [-0.2, 0) is 31.9 Å². The summed E-state index contributed by atoms with van der Waals surface area (Å²) >= 11 is 0. The topological polar surface area (TPSA) is 253 Å². The molecule has 2 saturated heterocycles. The predicted molar refractivity (Wildman–Crippen MR) is 150 cm³/mol. The van der Waals surface area contributed by atoms with Gasteiger partial charge in [0.1, 0.15) is 24.4 Å². The van der Waals surface area contributed by atoms with Crippen LogP contribution in [-0.4, -0.2) is 113 Å². The van der Waals surface area contributed by atoms with Crippen molar-refractivity contribution in [3.8, 4) is 23.0 Å². The Kier molecular flexibility index (Phi) is 10.8. The van der Waals surface area contributed by atoms with Gasteiger partial charge in [0, 0.05) is 6.42 Å². The van der Waals surface area contributed by atoms with E-state index in [4.69, 9.17) is 18.9 Å². The van der Waals surface area contributed by atoms with Crippen LogP contribution in [0.15, 0.2) is 36.4 Å². The minimum absolute atomic E-state index is 0.0282. The fraction of sp³-hybridized carbons (Fsp3) is 0.533. The molecule has 0 bridgehead atoms. The first-order chi connectivity index (χ1) is 21.2. The monoisotopic (exact) mass is 638 g/mol. The van der Waals surface area contributed by atoms with Gasteiger partial charge in [-0.15, -0.1) is 0 Å². The summed E-state index contributed by atoms with van der Waals surface area (Å²) in [7, 11) is 0. The molecule has 0 radical (unpaired) electrons. The number of aromatic hydroxyl groups is 2. The van der Waals surface area contributed by atoms with Crippen LogP contribution in [0.5, 0.6) is 23.0 Å². The first-order valence-electron chi connectivity index (χ1n) is 14.3. The van der Waals surface area contributed by atoms with Crippen molar-refractivity contribution >= 4 is 11.9 Å². The molecule has 11 atom stereocenters. The number of aliphatic carboxylic acids is 2. The smallest absolute Gasteiger partial charge is 0.335 e. The van der Waals surface area contributed by atoms with Gasteiger partial charge >= 0.3 is 11.9 Å². The first kappa shape index (κ1) is 34.2. The first-order valence-corrected chi connectivity index (χ1v) is 14.3. The molecule has 0 aliphatic carbocycles.